The maximum absolute atomic E-state index is 12.6. The highest BCUT2D eigenvalue weighted by Gasteiger charge is 2.32. The van der Waals surface area contributed by atoms with E-state index in [1.54, 1.807) is 38.4 Å². The van der Waals surface area contributed by atoms with Gasteiger partial charge in [0.05, 0.1) is 38.3 Å². The number of benzene rings is 1. The predicted molar refractivity (Wildman–Crippen MR) is 104 cm³/mol. The summed E-state index contributed by atoms with van der Waals surface area (Å²) in [5.74, 6) is 2.17. The number of amides is 1. The number of halogens is 1. The zero-order chi connectivity index (χ0) is 18.7. The van der Waals surface area contributed by atoms with Crippen LogP contribution in [0.3, 0.4) is 0 Å². The van der Waals surface area contributed by atoms with E-state index in [0.717, 1.165) is 27.2 Å². The van der Waals surface area contributed by atoms with Crippen molar-refractivity contribution < 1.29 is 14.3 Å². The summed E-state index contributed by atoms with van der Waals surface area (Å²) in [6, 6.07) is 3.80. The Morgan fingerprint density at radius 3 is 2.62 bits per heavy atom. The van der Waals surface area contributed by atoms with Gasteiger partial charge >= 0.3 is 0 Å². The van der Waals surface area contributed by atoms with Gasteiger partial charge in [0, 0.05) is 28.4 Å². The molecule has 1 aromatic heterocycles. The minimum absolute atomic E-state index is 0.109. The standard InChI is InChI=1S/C18H20BrN3O3S/c1-11-8-21-12(9-20-11)10-22-17(23)4-5-26-18(22)13-6-15(24-2)16(25-3)7-14(13)19/h6-9,18H,4-5,10H2,1-3H3. The van der Waals surface area contributed by atoms with Gasteiger partial charge in [-0.3, -0.25) is 14.8 Å². The van der Waals surface area contributed by atoms with Gasteiger partial charge in [-0.2, -0.15) is 0 Å². The highest BCUT2D eigenvalue weighted by molar-refractivity contribution is 9.10. The van der Waals surface area contributed by atoms with Crippen molar-refractivity contribution in [3.05, 3.63) is 46.0 Å². The van der Waals surface area contributed by atoms with Crippen LogP contribution in [0, 0.1) is 6.92 Å². The molecule has 1 unspecified atom stereocenters. The van der Waals surface area contributed by atoms with Crippen LogP contribution >= 0.6 is 27.7 Å². The van der Waals surface area contributed by atoms with Crippen LogP contribution in [-0.2, 0) is 11.3 Å². The molecule has 0 saturated carbocycles. The van der Waals surface area contributed by atoms with Crippen LogP contribution in [0.2, 0.25) is 0 Å². The number of hydrogen-bond acceptors (Lipinski definition) is 6. The van der Waals surface area contributed by atoms with E-state index in [1.165, 1.54) is 0 Å². The highest BCUT2D eigenvalue weighted by Crippen LogP contribution is 2.44. The van der Waals surface area contributed by atoms with Crippen molar-refractivity contribution in [3.8, 4) is 11.5 Å². The third kappa shape index (κ3) is 3.96. The lowest BCUT2D eigenvalue weighted by atomic mass is 10.1. The number of rotatable bonds is 5. The fourth-order valence-corrected chi connectivity index (χ4v) is 4.74. The minimum atomic E-state index is -0.131. The fraction of sp³-hybridized carbons (Fsp3) is 0.389. The summed E-state index contributed by atoms with van der Waals surface area (Å²) in [6.07, 6.45) is 3.96. The number of aromatic nitrogens is 2. The number of nitrogens with zero attached hydrogens (tertiary/aromatic N) is 3. The normalized spacial score (nSPS) is 17.3. The van der Waals surface area contributed by atoms with Gasteiger partial charge in [0.25, 0.3) is 0 Å². The van der Waals surface area contributed by atoms with Crippen LogP contribution in [0.1, 0.15) is 28.7 Å². The number of ether oxygens (including phenoxy) is 2. The molecule has 0 spiro atoms. The first-order valence-electron chi connectivity index (χ1n) is 8.13. The number of methoxy groups -OCH3 is 2. The van der Waals surface area contributed by atoms with Crippen LogP contribution in [0.5, 0.6) is 11.5 Å². The molecule has 0 aliphatic carbocycles. The Kier molecular flexibility index (Phi) is 6.03. The molecule has 3 rings (SSSR count). The zero-order valence-corrected chi connectivity index (χ0v) is 17.3. The van der Waals surface area contributed by atoms with E-state index >= 15 is 0 Å². The maximum Gasteiger partial charge on any atom is 0.224 e. The monoisotopic (exact) mass is 437 g/mol. The van der Waals surface area contributed by atoms with Crippen molar-refractivity contribution in [3.63, 3.8) is 0 Å². The van der Waals surface area contributed by atoms with Gasteiger partial charge in [-0.25, -0.2) is 0 Å². The molecule has 2 heterocycles. The predicted octanol–water partition coefficient (Wildman–Crippen LogP) is 3.73. The van der Waals surface area contributed by atoms with E-state index in [0.29, 0.717) is 24.5 Å². The summed E-state index contributed by atoms with van der Waals surface area (Å²) in [6.45, 7) is 2.31. The first kappa shape index (κ1) is 19.0. The number of carbonyl (C=O) groups excluding carboxylic acids is 1. The van der Waals surface area contributed by atoms with E-state index in [9.17, 15) is 4.79 Å². The van der Waals surface area contributed by atoms with E-state index in [-0.39, 0.29) is 11.3 Å². The Hall–Kier alpha value is -1.80. The van der Waals surface area contributed by atoms with Gasteiger partial charge in [0.15, 0.2) is 11.5 Å². The molecule has 138 valence electrons. The van der Waals surface area contributed by atoms with Crippen molar-refractivity contribution in [2.45, 2.75) is 25.3 Å². The van der Waals surface area contributed by atoms with Gasteiger partial charge in [0.2, 0.25) is 5.91 Å². The van der Waals surface area contributed by atoms with Crippen LogP contribution in [0.15, 0.2) is 29.0 Å². The topological polar surface area (TPSA) is 64.5 Å². The molecule has 1 saturated heterocycles. The number of aryl methyl sites for hydroxylation is 1. The van der Waals surface area contributed by atoms with Crippen molar-refractivity contribution in [1.82, 2.24) is 14.9 Å². The quantitative estimate of drug-likeness (QED) is 0.709. The molecule has 1 fully saturated rings. The fourth-order valence-electron chi connectivity index (χ4n) is 2.79. The highest BCUT2D eigenvalue weighted by atomic mass is 79.9. The van der Waals surface area contributed by atoms with Crippen molar-refractivity contribution >= 4 is 33.6 Å². The first-order chi connectivity index (χ1) is 12.5. The lowest BCUT2D eigenvalue weighted by Gasteiger charge is -2.36. The summed E-state index contributed by atoms with van der Waals surface area (Å²) in [7, 11) is 3.21. The molecule has 1 atom stereocenters. The molecular formula is C18H20BrN3O3S. The Balaban J connectivity index is 1.95. The van der Waals surface area contributed by atoms with Crippen LogP contribution in [0.4, 0.5) is 0 Å². The van der Waals surface area contributed by atoms with E-state index < -0.39 is 0 Å². The number of thioether (sulfide) groups is 1. The molecule has 0 radical (unpaired) electrons. The molecule has 1 aliphatic rings. The van der Waals surface area contributed by atoms with Gasteiger partial charge in [-0.15, -0.1) is 11.8 Å². The Bertz CT molecular complexity index is 801. The van der Waals surface area contributed by atoms with Crippen LogP contribution in [0.25, 0.3) is 0 Å². The smallest absolute Gasteiger partial charge is 0.224 e. The minimum Gasteiger partial charge on any atom is -0.493 e. The van der Waals surface area contributed by atoms with Gasteiger partial charge < -0.3 is 14.4 Å². The van der Waals surface area contributed by atoms with Gasteiger partial charge in [0.1, 0.15) is 5.37 Å². The summed E-state index contributed by atoms with van der Waals surface area (Å²) >= 11 is 5.34. The van der Waals surface area contributed by atoms with E-state index in [1.807, 2.05) is 24.0 Å². The molecule has 1 aromatic carbocycles. The summed E-state index contributed by atoms with van der Waals surface area (Å²) in [4.78, 5) is 23.2. The third-order valence-corrected chi connectivity index (χ3v) is 6.08. The van der Waals surface area contributed by atoms with Gasteiger partial charge in [-0.1, -0.05) is 15.9 Å². The molecule has 6 nitrogen and oxygen atoms in total. The molecule has 1 amide bonds. The van der Waals surface area contributed by atoms with Crippen molar-refractivity contribution in [2.75, 3.05) is 20.0 Å². The summed E-state index contributed by atoms with van der Waals surface area (Å²) < 4.78 is 11.7. The van der Waals surface area contributed by atoms with Gasteiger partial charge in [-0.05, 0) is 19.1 Å². The largest absolute Gasteiger partial charge is 0.493 e. The second kappa shape index (κ2) is 8.26. The molecule has 2 aromatic rings. The van der Waals surface area contributed by atoms with E-state index in [2.05, 4.69) is 25.9 Å². The Labute approximate surface area is 165 Å². The SMILES string of the molecule is COc1cc(Br)c(C2SCCC(=O)N2Cc2cnc(C)cn2)cc1OC. The number of carbonyl (C=O) groups is 1. The lowest BCUT2D eigenvalue weighted by molar-refractivity contribution is -0.132. The molecular weight excluding hydrogens is 418 g/mol. The summed E-state index contributed by atoms with van der Waals surface area (Å²) in [5, 5.41) is -0.131. The van der Waals surface area contributed by atoms with Crippen molar-refractivity contribution in [2.24, 2.45) is 0 Å². The van der Waals surface area contributed by atoms with Crippen molar-refractivity contribution in [1.29, 1.82) is 0 Å². The molecule has 0 N–H and O–H groups in total. The first-order valence-corrected chi connectivity index (χ1v) is 9.97. The maximum atomic E-state index is 12.6. The Morgan fingerprint density at radius 1 is 1.23 bits per heavy atom. The molecule has 0 bridgehead atoms. The molecule has 8 heteroatoms. The lowest BCUT2D eigenvalue weighted by Crippen LogP contribution is -2.37. The van der Waals surface area contributed by atoms with Crippen LogP contribution in [-0.4, -0.2) is 40.7 Å². The summed E-state index contributed by atoms with van der Waals surface area (Å²) in [5.41, 5.74) is 2.60. The molecule has 1 aliphatic heterocycles. The third-order valence-electron chi connectivity index (χ3n) is 4.13. The second-order valence-electron chi connectivity index (χ2n) is 5.87. The zero-order valence-electron chi connectivity index (χ0n) is 14.9. The molecule has 26 heavy (non-hydrogen) atoms. The Morgan fingerprint density at radius 2 is 1.96 bits per heavy atom. The van der Waals surface area contributed by atoms with Crippen LogP contribution < -0.4 is 9.47 Å². The average molecular weight is 438 g/mol. The average Bonchev–Trinajstić information content (AvgIpc) is 2.65. The second-order valence-corrected chi connectivity index (χ2v) is 7.92. The number of hydrogen-bond donors (Lipinski definition) is 0. The van der Waals surface area contributed by atoms with E-state index in [4.69, 9.17) is 9.47 Å².